The van der Waals surface area contributed by atoms with Crippen LogP contribution in [0.1, 0.15) is 52.4 Å². The molecule has 0 radical (unpaired) electrons. The van der Waals surface area contributed by atoms with Crippen molar-refractivity contribution in [3.05, 3.63) is 0 Å². The quantitative estimate of drug-likeness (QED) is 0.722. The van der Waals surface area contributed by atoms with Crippen molar-refractivity contribution < 1.29 is 4.74 Å². The molecule has 1 aliphatic rings. The van der Waals surface area contributed by atoms with Crippen LogP contribution in [0.25, 0.3) is 0 Å². The first-order valence-corrected chi connectivity index (χ1v) is 7.68. The van der Waals surface area contributed by atoms with Crippen molar-refractivity contribution in [2.75, 3.05) is 27.3 Å². The standard InChI is InChI=1S/C15H32N2O/c1-5-14(6-2)17(10-11-18-4)15-9-7-8-13(12-15)16-3/h13-16H,5-12H2,1-4H3. The lowest BCUT2D eigenvalue weighted by molar-refractivity contribution is 0.0571. The van der Waals surface area contributed by atoms with Crippen LogP contribution in [0.3, 0.4) is 0 Å². The van der Waals surface area contributed by atoms with E-state index >= 15 is 0 Å². The van der Waals surface area contributed by atoms with E-state index in [0.717, 1.165) is 25.2 Å². The molecule has 0 aromatic rings. The molecule has 0 spiro atoms. The van der Waals surface area contributed by atoms with Crippen LogP contribution in [0.5, 0.6) is 0 Å². The van der Waals surface area contributed by atoms with Crippen molar-refractivity contribution in [3.8, 4) is 0 Å². The van der Waals surface area contributed by atoms with Gasteiger partial charge in [-0.05, 0) is 39.2 Å². The third-order valence-electron chi connectivity index (χ3n) is 4.49. The predicted molar refractivity (Wildman–Crippen MR) is 78.1 cm³/mol. The average Bonchev–Trinajstić information content (AvgIpc) is 2.43. The number of hydrogen-bond acceptors (Lipinski definition) is 3. The summed E-state index contributed by atoms with van der Waals surface area (Å²) in [6.07, 6.45) is 7.87. The highest BCUT2D eigenvalue weighted by Crippen LogP contribution is 2.26. The minimum absolute atomic E-state index is 0.711. The summed E-state index contributed by atoms with van der Waals surface area (Å²) in [4.78, 5) is 2.72. The first kappa shape index (κ1) is 15.9. The molecular weight excluding hydrogens is 224 g/mol. The van der Waals surface area contributed by atoms with Crippen LogP contribution in [0.15, 0.2) is 0 Å². The first-order valence-electron chi connectivity index (χ1n) is 7.68. The van der Waals surface area contributed by atoms with Gasteiger partial charge in [0.15, 0.2) is 0 Å². The summed E-state index contributed by atoms with van der Waals surface area (Å²) in [6.45, 7) is 6.57. The molecule has 2 unspecified atom stereocenters. The normalized spacial score (nSPS) is 25.0. The highest BCUT2D eigenvalue weighted by atomic mass is 16.5. The van der Waals surface area contributed by atoms with E-state index in [1.165, 1.54) is 38.5 Å². The Labute approximate surface area is 113 Å². The van der Waals surface area contributed by atoms with E-state index in [4.69, 9.17) is 4.74 Å². The summed E-state index contributed by atoms with van der Waals surface area (Å²) in [5.74, 6) is 0. The smallest absolute Gasteiger partial charge is 0.0589 e. The minimum atomic E-state index is 0.711. The summed E-state index contributed by atoms with van der Waals surface area (Å²) in [6, 6.07) is 2.18. The minimum Gasteiger partial charge on any atom is -0.383 e. The van der Waals surface area contributed by atoms with E-state index in [1.807, 2.05) is 7.11 Å². The van der Waals surface area contributed by atoms with Crippen molar-refractivity contribution in [1.29, 1.82) is 0 Å². The first-order chi connectivity index (χ1) is 8.76. The average molecular weight is 256 g/mol. The topological polar surface area (TPSA) is 24.5 Å². The Bertz CT molecular complexity index is 207. The molecule has 1 fully saturated rings. The highest BCUT2D eigenvalue weighted by Gasteiger charge is 2.28. The van der Waals surface area contributed by atoms with E-state index < -0.39 is 0 Å². The predicted octanol–water partition coefficient (Wildman–Crippen LogP) is 2.65. The van der Waals surface area contributed by atoms with Crippen molar-refractivity contribution >= 4 is 0 Å². The third-order valence-corrected chi connectivity index (χ3v) is 4.49. The molecule has 1 aliphatic carbocycles. The monoisotopic (exact) mass is 256 g/mol. The molecule has 0 bridgehead atoms. The van der Waals surface area contributed by atoms with Crippen molar-refractivity contribution in [3.63, 3.8) is 0 Å². The van der Waals surface area contributed by atoms with Gasteiger partial charge in [-0.1, -0.05) is 20.3 Å². The molecule has 1 N–H and O–H groups in total. The maximum absolute atomic E-state index is 5.30. The Balaban J connectivity index is 2.61. The second-order valence-electron chi connectivity index (χ2n) is 5.51. The molecule has 0 saturated heterocycles. The summed E-state index contributed by atoms with van der Waals surface area (Å²) in [5, 5.41) is 3.46. The molecule has 0 aliphatic heterocycles. The van der Waals surface area contributed by atoms with Crippen LogP contribution >= 0.6 is 0 Å². The van der Waals surface area contributed by atoms with Crippen molar-refractivity contribution in [1.82, 2.24) is 10.2 Å². The van der Waals surface area contributed by atoms with Crippen LogP contribution in [0, 0.1) is 0 Å². The summed E-state index contributed by atoms with van der Waals surface area (Å²) >= 11 is 0. The lowest BCUT2D eigenvalue weighted by Crippen LogP contribution is -2.49. The summed E-state index contributed by atoms with van der Waals surface area (Å²) in [7, 11) is 3.91. The van der Waals surface area contributed by atoms with Gasteiger partial charge in [0.25, 0.3) is 0 Å². The number of rotatable bonds is 8. The SMILES string of the molecule is CCC(CC)N(CCOC)C1CCCC(NC)C1. The fraction of sp³-hybridized carbons (Fsp3) is 1.00. The zero-order valence-corrected chi connectivity index (χ0v) is 12.7. The van der Waals surface area contributed by atoms with E-state index in [9.17, 15) is 0 Å². The van der Waals surface area contributed by atoms with Crippen LogP contribution in [0.2, 0.25) is 0 Å². The lowest BCUT2D eigenvalue weighted by Gasteiger charge is -2.41. The molecule has 0 aromatic heterocycles. The Morgan fingerprint density at radius 1 is 1.28 bits per heavy atom. The molecule has 3 nitrogen and oxygen atoms in total. The molecule has 0 heterocycles. The van der Waals surface area contributed by atoms with Gasteiger partial charge >= 0.3 is 0 Å². The summed E-state index contributed by atoms with van der Waals surface area (Å²) in [5.41, 5.74) is 0. The molecule has 0 amide bonds. The molecular formula is C15H32N2O. The van der Waals surface area contributed by atoms with E-state index in [-0.39, 0.29) is 0 Å². The van der Waals surface area contributed by atoms with Crippen LogP contribution in [-0.2, 0) is 4.74 Å². The van der Waals surface area contributed by atoms with Gasteiger partial charge < -0.3 is 10.1 Å². The second kappa shape index (κ2) is 8.89. The van der Waals surface area contributed by atoms with Gasteiger partial charge in [-0.3, -0.25) is 4.90 Å². The van der Waals surface area contributed by atoms with Gasteiger partial charge in [0.1, 0.15) is 0 Å². The molecule has 18 heavy (non-hydrogen) atoms. The van der Waals surface area contributed by atoms with Crippen LogP contribution < -0.4 is 5.32 Å². The van der Waals surface area contributed by atoms with E-state index in [0.29, 0.717) is 6.04 Å². The molecule has 3 heteroatoms. The van der Waals surface area contributed by atoms with Crippen LogP contribution in [-0.4, -0.2) is 50.3 Å². The number of hydrogen-bond donors (Lipinski definition) is 1. The van der Waals surface area contributed by atoms with Gasteiger partial charge in [-0.2, -0.15) is 0 Å². The Kier molecular flexibility index (Phi) is 7.87. The molecule has 1 rings (SSSR count). The zero-order valence-electron chi connectivity index (χ0n) is 12.7. The number of nitrogens with zero attached hydrogens (tertiary/aromatic N) is 1. The molecule has 1 saturated carbocycles. The Morgan fingerprint density at radius 3 is 2.56 bits per heavy atom. The number of nitrogens with one attached hydrogen (secondary N) is 1. The van der Waals surface area contributed by atoms with Gasteiger partial charge in [-0.15, -0.1) is 0 Å². The van der Waals surface area contributed by atoms with Gasteiger partial charge in [0, 0.05) is 31.8 Å². The molecule has 108 valence electrons. The second-order valence-corrected chi connectivity index (χ2v) is 5.51. The van der Waals surface area contributed by atoms with E-state index in [2.05, 4.69) is 31.1 Å². The summed E-state index contributed by atoms with van der Waals surface area (Å²) < 4.78 is 5.30. The molecule has 2 atom stereocenters. The van der Waals surface area contributed by atoms with Crippen molar-refractivity contribution in [2.45, 2.75) is 70.5 Å². The Morgan fingerprint density at radius 2 is 2.00 bits per heavy atom. The lowest BCUT2D eigenvalue weighted by atomic mass is 9.88. The van der Waals surface area contributed by atoms with Gasteiger partial charge in [0.2, 0.25) is 0 Å². The fourth-order valence-corrected chi connectivity index (χ4v) is 3.35. The highest BCUT2D eigenvalue weighted by molar-refractivity contribution is 4.86. The van der Waals surface area contributed by atoms with Crippen LogP contribution in [0.4, 0.5) is 0 Å². The Hall–Kier alpha value is -0.120. The van der Waals surface area contributed by atoms with Gasteiger partial charge in [-0.25, -0.2) is 0 Å². The van der Waals surface area contributed by atoms with Gasteiger partial charge in [0.05, 0.1) is 6.61 Å². The largest absolute Gasteiger partial charge is 0.383 e. The third kappa shape index (κ3) is 4.52. The van der Waals surface area contributed by atoms with E-state index in [1.54, 1.807) is 0 Å². The maximum atomic E-state index is 5.30. The molecule has 0 aromatic carbocycles. The number of methoxy groups -OCH3 is 1. The fourth-order valence-electron chi connectivity index (χ4n) is 3.35. The zero-order chi connectivity index (χ0) is 13.4. The van der Waals surface area contributed by atoms with Crippen molar-refractivity contribution in [2.24, 2.45) is 0 Å². The maximum Gasteiger partial charge on any atom is 0.0589 e. The number of ether oxygens (including phenoxy) is 1.